The van der Waals surface area contributed by atoms with E-state index in [1.807, 2.05) is 24.3 Å². The van der Waals surface area contributed by atoms with Crippen LogP contribution in [0.4, 0.5) is 5.69 Å². The fourth-order valence-corrected chi connectivity index (χ4v) is 4.57. The third kappa shape index (κ3) is 5.50. The molecule has 0 heterocycles. The molecule has 0 fully saturated rings. The predicted molar refractivity (Wildman–Crippen MR) is 121 cm³/mol. The zero-order valence-corrected chi connectivity index (χ0v) is 19.1. The largest absolute Gasteiger partial charge is 0.487 e. The van der Waals surface area contributed by atoms with Gasteiger partial charge in [-0.15, -0.1) is 0 Å². The highest BCUT2D eigenvalue weighted by molar-refractivity contribution is 9.11. The summed E-state index contributed by atoms with van der Waals surface area (Å²) in [5, 5.41) is 4.21. The summed E-state index contributed by atoms with van der Waals surface area (Å²) in [6.07, 6.45) is 0. The second-order valence-electron chi connectivity index (χ2n) is 6.48. The van der Waals surface area contributed by atoms with Crippen molar-refractivity contribution >= 4 is 49.1 Å². The Hall–Kier alpha value is -1.49. The van der Waals surface area contributed by atoms with Gasteiger partial charge in [0.05, 0.1) is 8.95 Å². The van der Waals surface area contributed by atoms with Crippen molar-refractivity contribution in [1.29, 1.82) is 0 Å². The van der Waals surface area contributed by atoms with Crippen molar-refractivity contribution < 1.29 is 4.74 Å². The highest BCUT2D eigenvalue weighted by atomic mass is 79.9. The van der Waals surface area contributed by atoms with Gasteiger partial charge in [0.15, 0.2) is 0 Å². The zero-order valence-electron chi connectivity index (χ0n) is 15.2. The lowest BCUT2D eigenvalue weighted by molar-refractivity contribution is 0.302. The molecular formula is C22H20Br2ClNO. The van der Waals surface area contributed by atoms with Crippen LogP contribution in [0, 0.1) is 13.8 Å². The number of rotatable bonds is 6. The minimum Gasteiger partial charge on any atom is -0.487 e. The molecule has 3 rings (SSSR count). The van der Waals surface area contributed by atoms with Gasteiger partial charge in [-0.3, -0.25) is 0 Å². The zero-order chi connectivity index (χ0) is 19.4. The lowest BCUT2D eigenvalue weighted by Crippen LogP contribution is -2.03. The Bertz CT molecular complexity index is 936. The number of hydrogen-bond acceptors (Lipinski definition) is 2. The number of aryl methyl sites for hydroxylation is 2. The molecule has 2 nitrogen and oxygen atoms in total. The van der Waals surface area contributed by atoms with Crippen molar-refractivity contribution in [3.63, 3.8) is 0 Å². The Morgan fingerprint density at radius 1 is 0.926 bits per heavy atom. The van der Waals surface area contributed by atoms with E-state index in [2.05, 4.69) is 81.4 Å². The second kappa shape index (κ2) is 9.13. The summed E-state index contributed by atoms with van der Waals surface area (Å²) in [7, 11) is 0. The average Bonchev–Trinajstić information content (AvgIpc) is 2.60. The van der Waals surface area contributed by atoms with E-state index < -0.39 is 0 Å². The van der Waals surface area contributed by atoms with Gasteiger partial charge in [0.25, 0.3) is 0 Å². The SMILES string of the molecule is Cc1ccc(NCc2cc(Br)c(OCc3cccc(Cl)c3)c(Br)c2)c(C)c1. The Balaban J connectivity index is 1.68. The Kier molecular flexibility index (Phi) is 6.85. The van der Waals surface area contributed by atoms with E-state index in [0.29, 0.717) is 11.6 Å². The van der Waals surface area contributed by atoms with Gasteiger partial charge in [0, 0.05) is 17.3 Å². The third-order valence-corrected chi connectivity index (χ3v) is 5.61. The lowest BCUT2D eigenvalue weighted by Gasteiger charge is -2.14. The van der Waals surface area contributed by atoms with E-state index in [0.717, 1.165) is 38.1 Å². The summed E-state index contributed by atoms with van der Waals surface area (Å²) in [5.74, 6) is 0.783. The van der Waals surface area contributed by atoms with Gasteiger partial charge >= 0.3 is 0 Å². The molecule has 0 unspecified atom stereocenters. The quantitative estimate of drug-likeness (QED) is 0.368. The molecule has 0 spiro atoms. The van der Waals surface area contributed by atoms with Crippen LogP contribution >= 0.6 is 43.5 Å². The predicted octanol–water partition coefficient (Wildman–Crippen LogP) is 7.67. The molecule has 5 heteroatoms. The van der Waals surface area contributed by atoms with Crippen molar-refractivity contribution in [2.45, 2.75) is 27.0 Å². The minimum atomic E-state index is 0.456. The summed E-state index contributed by atoms with van der Waals surface area (Å²) in [6, 6.07) is 18.3. The van der Waals surface area contributed by atoms with Gasteiger partial charge < -0.3 is 10.1 Å². The molecule has 0 aliphatic heterocycles. The van der Waals surface area contributed by atoms with Gasteiger partial charge in [-0.25, -0.2) is 0 Å². The first-order valence-electron chi connectivity index (χ1n) is 8.58. The first-order chi connectivity index (χ1) is 12.9. The first-order valence-corrected chi connectivity index (χ1v) is 10.5. The molecule has 0 aliphatic rings. The maximum atomic E-state index is 6.03. The van der Waals surface area contributed by atoms with Crippen molar-refractivity contribution in [1.82, 2.24) is 0 Å². The Labute approximate surface area is 182 Å². The smallest absolute Gasteiger partial charge is 0.148 e. The van der Waals surface area contributed by atoms with Gasteiger partial charge in [0.2, 0.25) is 0 Å². The van der Waals surface area contributed by atoms with E-state index in [9.17, 15) is 0 Å². The molecule has 3 aromatic carbocycles. The van der Waals surface area contributed by atoms with Crippen LogP contribution in [0.2, 0.25) is 5.02 Å². The Morgan fingerprint density at radius 3 is 2.33 bits per heavy atom. The number of ether oxygens (including phenoxy) is 1. The summed E-state index contributed by atoms with van der Waals surface area (Å²) in [6.45, 7) is 5.41. The van der Waals surface area contributed by atoms with Crippen LogP contribution in [-0.2, 0) is 13.2 Å². The number of anilines is 1. The van der Waals surface area contributed by atoms with E-state index in [1.54, 1.807) is 0 Å². The van der Waals surface area contributed by atoms with Crippen molar-refractivity contribution in [2.24, 2.45) is 0 Å². The lowest BCUT2D eigenvalue weighted by atomic mass is 10.1. The monoisotopic (exact) mass is 507 g/mol. The molecule has 140 valence electrons. The molecule has 0 bridgehead atoms. The number of hydrogen-bond donors (Lipinski definition) is 1. The molecular weight excluding hydrogens is 490 g/mol. The topological polar surface area (TPSA) is 21.3 Å². The average molecular weight is 510 g/mol. The minimum absolute atomic E-state index is 0.456. The van der Waals surface area contributed by atoms with E-state index >= 15 is 0 Å². The number of benzene rings is 3. The number of halogens is 3. The fraction of sp³-hybridized carbons (Fsp3) is 0.182. The van der Waals surface area contributed by atoms with E-state index in [4.69, 9.17) is 16.3 Å². The molecule has 0 amide bonds. The maximum Gasteiger partial charge on any atom is 0.148 e. The molecule has 0 aliphatic carbocycles. The summed E-state index contributed by atoms with van der Waals surface area (Å²) >= 11 is 13.3. The van der Waals surface area contributed by atoms with Crippen LogP contribution < -0.4 is 10.1 Å². The molecule has 0 saturated heterocycles. The highest BCUT2D eigenvalue weighted by Gasteiger charge is 2.10. The molecule has 0 atom stereocenters. The van der Waals surface area contributed by atoms with Gasteiger partial charge in [-0.1, -0.05) is 41.4 Å². The van der Waals surface area contributed by atoms with Crippen molar-refractivity contribution in [2.75, 3.05) is 5.32 Å². The third-order valence-electron chi connectivity index (χ3n) is 4.20. The van der Waals surface area contributed by atoms with Gasteiger partial charge in [-0.05, 0) is 92.7 Å². The van der Waals surface area contributed by atoms with Crippen molar-refractivity contribution in [3.8, 4) is 5.75 Å². The van der Waals surface area contributed by atoms with E-state index in [-0.39, 0.29) is 0 Å². The molecule has 3 aromatic rings. The molecule has 0 radical (unpaired) electrons. The van der Waals surface area contributed by atoms with Crippen LogP contribution in [0.25, 0.3) is 0 Å². The Morgan fingerprint density at radius 2 is 1.67 bits per heavy atom. The maximum absolute atomic E-state index is 6.03. The summed E-state index contributed by atoms with van der Waals surface area (Å²) in [5.41, 5.74) is 5.85. The molecule has 0 saturated carbocycles. The standard InChI is InChI=1S/C22H20Br2ClNO/c1-14-6-7-21(15(2)8-14)26-12-17-10-19(23)22(20(24)11-17)27-13-16-4-3-5-18(25)9-16/h3-11,26H,12-13H2,1-2H3. The first kappa shape index (κ1) is 20.2. The summed E-state index contributed by atoms with van der Waals surface area (Å²) < 4.78 is 7.81. The molecule has 0 aromatic heterocycles. The highest BCUT2D eigenvalue weighted by Crippen LogP contribution is 2.35. The van der Waals surface area contributed by atoms with Crippen LogP contribution in [-0.4, -0.2) is 0 Å². The molecule has 27 heavy (non-hydrogen) atoms. The number of nitrogens with one attached hydrogen (secondary N) is 1. The normalized spacial score (nSPS) is 10.7. The van der Waals surface area contributed by atoms with Gasteiger partial charge in [0.1, 0.15) is 12.4 Å². The van der Waals surface area contributed by atoms with E-state index in [1.165, 1.54) is 11.1 Å². The second-order valence-corrected chi connectivity index (χ2v) is 8.62. The van der Waals surface area contributed by atoms with Crippen LogP contribution in [0.1, 0.15) is 22.3 Å². The fourth-order valence-electron chi connectivity index (χ4n) is 2.84. The van der Waals surface area contributed by atoms with Crippen LogP contribution in [0.3, 0.4) is 0 Å². The molecule has 1 N–H and O–H groups in total. The van der Waals surface area contributed by atoms with Crippen molar-refractivity contribution in [3.05, 3.63) is 90.8 Å². The van der Waals surface area contributed by atoms with Crippen LogP contribution in [0.15, 0.2) is 63.5 Å². The van der Waals surface area contributed by atoms with Crippen LogP contribution in [0.5, 0.6) is 5.75 Å². The summed E-state index contributed by atoms with van der Waals surface area (Å²) in [4.78, 5) is 0. The van der Waals surface area contributed by atoms with Gasteiger partial charge in [-0.2, -0.15) is 0 Å².